The molecule has 4 heterocycles. The molecule has 0 saturated carbocycles. The second-order valence-electron chi connectivity index (χ2n) is 13.7. The number of rotatable bonds is 5. The number of pyridine rings is 1. The van der Waals surface area contributed by atoms with E-state index in [1.807, 2.05) is 39.4 Å². The van der Waals surface area contributed by atoms with Gasteiger partial charge in [0.2, 0.25) is 0 Å². The quantitative estimate of drug-likeness (QED) is 0.134. The molecule has 0 unspecified atom stereocenters. The number of likely N-dealkylation sites (tertiary alicyclic amines) is 1. The monoisotopic (exact) mass is 820 g/mol. The molecule has 13 nitrogen and oxygen atoms in total. The van der Waals surface area contributed by atoms with Gasteiger partial charge in [0.25, 0.3) is 30.4 Å². The van der Waals surface area contributed by atoms with Crippen molar-refractivity contribution >= 4 is 46.9 Å². The maximum Gasteiger partial charge on any atom is 0.294 e. The van der Waals surface area contributed by atoms with E-state index in [1.165, 1.54) is 70.7 Å². The van der Waals surface area contributed by atoms with Crippen molar-refractivity contribution in [2.75, 3.05) is 31.6 Å². The maximum atomic E-state index is 10.5. The molecule has 296 valence electrons. The maximum absolute atomic E-state index is 10.5. The largest absolute Gasteiger partial charge is 0.368 e. The van der Waals surface area contributed by atoms with Gasteiger partial charge in [-0.3, -0.25) is 18.6 Å². The van der Waals surface area contributed by atoms with Crippen LogP contribution in [0.1, 0.15) is 16.7 Å². The minimum atomic E-state index is -4.02. The summed E-state index contributed by atoms with van der Waals surface area (Å²) in [7, 11) is -9.83. The van der Waals surface area contributed by atoms with Gasteiger partial charge >= 0.3 is 0 Å². The summed E-state index contributed by atoms with van der Waals surface area (Å²) in [6.45, 7) is 9.04. The highest BCUT2D eigenvalue weighted by molar-refractivity contribution is 7.86. The van der Waals surface area contributed by atoms with E-state index in [0.717, 1.165) is 41.7 Å². The molecule has 16 heteroatoms. The van der Waals surface area contributed by atoms with Crippen molar-refractivity contribution in [3.63, 3.8) is 0 Å². The summed E-state index contributed by atoms with van der Waals surface area (Å²) in [4.78, 5) is 12.6. The van der Waals surface area contributed by atoms with Crippen LogP contribution in [0.3, 0.4) is 0 Å². The fourth-order valence-corrected chi connectivity index (χ4v) is 7.76. The number of likely N-dealkylation sites (N-methyl/N-ethyl adjacent to an activating group) is 1. The van der Waals surface area contributed by atoms with Gasteiger partial charge in [-0.1, -0.05) is 71.3 Å². The summed E-state index contributed by atoms with van der Waals surface area (Å²) < 4.78 is 88.7. The van der Waals surface area contributed by atoms with Gasteiger partial charge in [0.05, 0.1) is 32.1 Å². The Hall–Kier alpha value is -4.94. The van der Waals surface area contributed by atoms with Crippen molar-refractivity contribution in [3.05, 3.63) is 138 Å². The van der Waals surface area contributed by atoms with Gasteiger partial charge in [-0.25, -0.2) is 0 Å². The number of benzene rings is 4. The molecule has 0 spiro atoms. The number of H-pyrrole nitrogens is 1. The van der Waals surface area contributed by atoms with Crippen molar-refractivity contribution in [1.82, 2.24) is 14.9 Å². The van der Waals surface area contributed by atoms with E-state index in [0.29, 0.717) is 0 Å². The lowest BCUT2D eigenvalue weighted by Gasteiger charge is -2.40. The van der Waals surface area contributed by atoms with Crippen LogP contribution in [0, 0.1) is 26.7 Å². The molecule has 2 fully saturated rings. The number of aromatic amines is 1. The molecular weight excluding hydrogens is 777 g/mol. The molecule has 2 atom stereocenters. The number of anilines is 1. The molecule has 4 N–H and O–H groups in total. The van der Waals surface area contributed by atoms with Crippen molar-refractivity contribution in [3.8, 4) is 11.1 Å². The smallest absolute Gasteiger partial charge is 0.294 e. The fourth-order valence-electron chi connectivity index (χ4n) is 6.32. The van der Waals surface area contributed by atoms with Crippen molar-refractivity contribution in [2.45, 2.75) is 41.5 Å². The molecule has 8 rings (SSSR count). The van der Waals surface area contributed by atoms with Crippen LogP contribution in [0.25, 0.3) is 22.0 Å². The lowest BCUT2D eigenvalue weighted by atomic mass is 9.93. The highest BCUT2D eigenvalue weighted by atomic mass is 32.2. The summed E-state index contributed by atoms with van der Waals surface area (Å²) >= 11 is 0. The molecule has 2 aliphatic rings. The Morgan fingerprint density at radius 2 is 1.11 bits per heavy atom. The van der Waals surface area contributed by atoms with E-state index >= 15 is 0 Å². The van der Waals surface area contributed by atoms with Gasteiger partial charge in [0.15, 0.2) is 0 Å². The van der Waals surface area contributed by atoms with Crippen molar-refractivity contribution in [2.24, 2.45) is 5.92 Å². The Labute approximate surface area is 327 Å². The highest BCUT2D eigenvalue weighted by Gasteiger charge is 2.43. The van der Waals surface area contributed by atoms with Gasteiger partial charge in [-0.05, 0) is 81.7 Å². The molecule has 0 amide bonds. The van der Waals surface area contributed by atoms with Crippen LogP contribution in [0.5, 0.6) is 0 Å². The predicted molar refractivity (Wildman–Crippen MR) is 217 cm³/mol. The molecule has 56 heavy (non-hydrogen) atoms. The van der Waals surface area contributed by atoms with Crippen LogP contribution in [0.2, 0.25) is 0 Å². The molecule has 2 saturated heterocycles. The average molecular weight is 821 g/mol. The van der Waals surface area contributed by atoms with Crippen LogP contribution >= 0.6 is 0 Å². The minimum Gasteiger partial charge on any atom is -0.368 e. The summed E-state index contributed by atoms with van der Waals surface area (Å²) in [5.74, 6) is 0.829. The first-order valence-corrected chi connectivity index (χ1v) is 21.7. The van der Waals surface area contributed by atoms with Crippen LogP contribution < -0.4 is 4.90 Å². The fraction of sp³-hybridized carbons (Fsp3) is 0.225. The first-order valence-electron chi connectivity index (χ1n) is 17.4. The SMILES string of the molecule is CN1C[C@H]2CN(c3cncc(-c4cccc5cc[nH]c45)c3)C[C@H]21.Cc1ccc(S(=O)(=O)O)cc1.Cc1ccc(S(=O)(=O)O)cc1.Cc1ccc(S(=O)(=O)O)cc1. The molecule has 0 bridgehead atoms. The van der Waals surface area contributed by atoms with Crippen molar-refractivity contribution < 1.29 is 38.9 Å². The average Bonchev–Trinajstić information content (AvgIpc) is 3.76. The third-order valence-electron chi connectivity index (χ3n) is 9.44. The van der Waals surface area contributed by atoms with Crippen LogP contribution in [-0.4, -0.2) is 86.5 Å². The standard InChI is InChI=1S/C19H20N4.3C7H8O3S/c1-22-10-15-11-23(12-18(15)22)16-7-14(8-20-9-16)17-4-2-3-13-5-6-21-19(13)17;3*1-6-2-4-7(5-3-6)11(8,9)10/h2-9,15,18,21H,10-12H2,1H3;3*2-5H,1H3,(H,8,9,10)/t15-,18+;;;/m0.../s1. The number of fused-ring (bicyclic) bond motifs is 2. The number of nitrogens with one attached hydrogen (secondary N) is 1. The van der Waals surface area contributed by atoms with Gasteiger partial charge < -0.3 is 14.8 Å². The number of hydrogen-bond acceptors (Lipinski definition) is 9. The van der Waals surface area contributed by atoms with Crippen LogP contribution in [-0.2, 0) is 30.4 Å². The van der Waals surface area contributed by atoms with Gasteiger partial charge in [0, 0.05) is 55.1 Å². The zero-order valence-corrected chi connectivity index (χ0v) is 33.6. The highest BCUT2D eigenvalue weighted by Crippen LogP contribution is 2.35. The van der Waals surface area contributed by atoms with E-state index in [2.05, 4.69) is 57.1 Å². The number of hydrogen-bond donors (Lipinski definition) is 4. The molecular formula is C40H44N4O9S3. The van der Waals surface area contributed by atoms with Gasteiger partial charge in [-0.15, -0.1) is 0 Å². The molecule has 4 aromatic carbocycles. The Kier molecular flexibility index (Phi) is 13.2. The Morgan fingerprint density at radius 3 is 1.54 bits per heavy atom. The van der Waals surface area contributed by atoms with E-state index in [1.54, 1.807) is 36.4 Å². The van der Waals surface area contributed by atoms with Crippen LogP contribution in [0.4, 0.5) is 5.69 Å². The molecule has 2 aromatic heterocycles. The zero-order chi connectivity index (χ0) is 40.8. The number of para-hydroxylation sites is 1. The number of aryl methyl sites for hydroxylation is 3. The molecule has 0 radical (unpaired) electrons. The number of nitrogens with zero attached hydrogens (tertiary/aromatic N) is 3. The molecule has 2 aliphatic heterocycles. The summed E-state index contributed by atoms with van der Waals surface area (Å²) in [6.07, 6.45) is 5.97. The third-order valence-corrected chi connectivity index (χ3v) is 12.0. The molecule has 0 aliphatic carbocycles. The van der Waals surface area contributed by atoms with E-state index in [-0.39, 0.29) is 14.7 Å². The van der Waals surface area contributed by atoms with E-state index < -0.39 is 30.4 Å². The summed E-state index contributed by atoms with van der Waals surface area (Å²) in [5, 5.41) is 1.24. The minimum absolute atomic E-state index is 0.0666. The van der Waals surface area contributed by atoms with Crippen molar-refractivity contribution in [1.29, 1.82) is 0 Å². The second kappa shape index (κ2) is 17.5. The second-order valence-corrected chi connectivity index (χ2v) is 18.0. The molecule has 6 aromatic rings. The van der Waals surface area contributed by atoms with E-state index in [4.69, 9.17) is 13.7 Å². The zero-order valence-electron chi connectivity index (χ0n) is 31.2. The Bertz CT molecular complexity index is 2420. The first-order chi connectivity index (χ1) is 26.3. The third kappa shape index (κ3) is 11.1. The predicted octanol–water partition coefficient (Wildman–Crippen LogP) is 6.71. The summed E-state index contributed by atoms with van der Waals surface area (Å²) in [5.41, 5.74) is 7.71. The normalized spacial score (nSPS) is 16.6. The number of aromatic nitrogens is 2. The Morgan fingerprint density at radius 1 is 0.625 bits per heavy atom. The van der Waals surface area contributed by atoms with Gasteiger partial charge in [0.1, 0.15) is 0 Å². The van der Waals surface area contributed by atoms with E-state index in [9.17, 15) is 25.3 Å². The Balaban J connectivity index is 0.000000155. The lowest BCUT2D eigenvalue weighted by molar-refractivity contribution is 0.0827. The lowest BCUT2D eigenvalue weighted by Crippen LogP contribution is -2.52. The topological polar surface area (TPSA) is 198 Å². The summed E-state index contributed by atoms with van der Waals surface area (Å²) in [6, 6.07) is 29.5. The first kappa shape index (κ1) is 42.2. The van der Waals surface area contributed by atoms with Crippen LogP contribution in [0.15, 0.2) is 136 Å². The van der Waals surface area contributed by atoms with Gasteiger partial charge in [-0.2, -0.15) is 25.3 Å².